The number of likely N-dealkylation sites (N-methyl/N-ethyl adjacent to an activating group) is 1. The molecule has 0 radical (unpaired) electrons. The summed E-state index contributed by atoms with van der Waals surface area (Å²) in [4.78, 5) is 1.70. The molecule has 0 aliphatic rings. The van der Waals surface area contributed by atoms with Crippen molar-refractivity contribution in [3.8, 4) is 0 Å². The Hall–Kier alpha value is -1.17. The molecular weight excluding hydrogens is 237 g/mol. The topological polar surface area (TPSA) is 52.9 Å². The number of ether oxygens (including phenoxy) is 1. The van der Waals surface area contributed by atoms with Crippen molar-refractivity contribution < 1.29 is 19.3 Å². The fraction of sp³-hybridized carbons (Fsp3) is 0.538. The van der Waals surface area contributed by atoms with Gasteiger partial charge >= 0.3 is 0 Å². The molecule has 0 saturated heterocycles. The highest BCUT2D eigenvalue weighted by atomic mass is 19.1. The third kappa shape index (κ3) is 3.66. The first-order valence-electron chi connectivity index (χ1n) is 5.82. The van der Waals surface area contributed by atoms with E-state index in [1.807, 2.05) is 0 Å². The second kappa shape index (κ2) is 6.68. The maximum absolute atomic E-state index is 13.7. The number of halogens is 1. The van der Waals surface area contributed by atoms with Gasteiger partial charge in [-0.15, -0.1) is 0 Å². The van der Waals surface area contributed by atoms with E-state index in [1.165, 1.54) is 20.1 Å². The Morgan fingerprint density at radius 3 is 2.61 bits per heavy atom. The number of nitrogens with zero attached hydrogens (tertiary/aromatic N) is 1. The Morgan fingerprint density at radius 2 is 2.06 bits per heavy atom. The Kier molecular flexibility index (Phi) is 5.53. The molecule has 0 spiro atoms. The van der Waals surface area contributed by atoms with Crippen molar-refractivity contribution in [2.24, 2.45) is 0 Å². The van der Waals surface area contributed by atoms with Crippen molar-refractivity contribution >= 4 is 5.69 Å². The monoisotopic (exact) mass is 257 g/mol. The number of aliphatic hydroxyl groups is 2. The van der Waals surface area contributed by atoms with Gasteiger partial charge in [0, 0.05) is 32.0 Å². The van der Waals surface area contributed by atoms with Crippen LogP contribution in [-0.4, -0.2) is 43.6 Å². The molecule has 18 heavy (non-hydrogen) atoms. The molecule has 102 valence electrons. The average Bonchev–Trinajstić information content (AvgIpc) is 2.28. The van der Waals surface area contributed by atoms with Crippen molar-refractivity contribution in [2.75, 3.05) is 32.2 Å². The summed E-state index contributed by atoms with van der Waals surface area (Å²) < 4.78 is 18.5. The highest BCUT2D eigenvalue weighted by Gasteiger charge is 2.17. The summed E-state index contributed by atoms with van der Waals surface area (Å²) in [6.07, 6.45) is -1.56. The van der Waals surface area contributed by atoms with Crippen LogP contribution in [0.15, 0.2) is 18.2 Å². The number of hydrogen-bond donors (Lipinski definition) is 2. The van der Waals surface area contributed by atoms with Crippen molar-refractivity contribution in [3.05, 3.63) is 29.6 Å². The van der Waals surface area contributed by atoms with Gasteiger partial charge in [-0.25, -0.2) is 4.39 Å². The smallest absolute Gasteiger partial charge is 0.131 e. The molecule has 0 saturated carbocycles. The normalized spacial score (nSPS) is 14.3. The Labute approximate surface area is 107 Å². The number of hydrogen-bond acceptors (Lipinski definition) is 4. The predicted octanol–water partition coefficient (Wildman–Crippen LogP) is 1.32. The Morgan fingerprint density at radius 1 is 1.39 bits per heavy atom. The molecule has 1 rings (SSSR count). The summed E-state index contributed by atoms with van der Waals surface area (Å²) in [6, 6.07) is 4.60. The zero-order valence-electron chi connectivity index (χ0n) is 10.9. The van der Waals surface area contributed by atoms with E-state index in [0.29, 0.717) is 12.2 Å². The summed E-state index contributed by atoms with van der Waals surface area (Å²) in [5.74, 6) is -0.449. The highest BCUT2D eigenvalue weighted by molar-refractivity contribution is 5.54. The fourth-order valence-electron chi connectivity index (χ4n) is 1.93. The summed E-state index contributed by atoms with van der Waals surface area (Å²) in [7, 11) is 3.24. The summed E-state index contributed by atoms with van der Waals surface area (Å²) >= 11 is 0. The minimum absolute atomic E-state index is 0.212. The molecule has 1 aromatic rings. The van der Waals surface area contributed by atoms with E-state index in [4.69, 9.17) is 4.74 Å². The maximum Gasteiger partial charge on any atom is 0.131 e. The van der Waals surface area contributed by atoms with Crippen LogP contribution in [0.25, 0.3) is 0 Å². The highest BCUT2D eigenvalue weighted by Crippen LogP contribution is 2.28. The maximum atomic E-state index is 13.7. The lowest BCUT2D eigenvalue weighted by Gasteiger charge is -2.26. The third-order valence-electron chi connectivity index (χ3n) is 2.70. The van der Waals surface area contributed by atoms with Crippen LogP contribution in [0.5, 0.6) is 0 Å². The first kappa shape index (κ1) is 14.9. The molecule has 0 bridgehead atoms. The van der Waals surface area contributed by atoms with Gasteiger partial charge in [-0.05, 0) is 19.1 Å². The molecule has 0 aromatic heterocycles. The molecule has 0 amide bonds. The van der Waals surface area contributed by atoms with Gasteiger partial charge in [0.25, 0.3) is 0 Å². The van der Waals surface area contributed by atoms with Gasteiger partial charge in [-0.3, -0.25) is 0 Å². The van der Waals surface area contributed by atoms with Crippen molar-refractivity contribution in [2.45, 2.75) is 19.1 Å². The lowest BCUT2D eigenvalue weighted by atomic mass is 10.1. The van der Waals surface area contributed by atoms with Gasteiger partial charge in [0.15, 0.2) is 0 Å². The molecule has 1 aromatic carbocycles. The zero-order chi connectivity index (χ0) is 13.7. The SMILES string of the molecule is COCC(O)CN(C)c1cccc(F)c1[C@H](C)O. The predicted molar refractivity (Wildman–Crippen MR) is 68.2 cm³/mol. The Bertz CT molecular complexity index is 384. The van der Waals surface area contributed by atoms with Crippen LogP contribution in [0.2, 0.25) is 0 Å². The number of rotatable bonds is 6. The summed E-state index contributed by atoms with van der Waals surface area (Å²) in [5, 5.41) is 19.3. The number of aliphatic hydroxyl groups excluding tert-OH is 2. The van der Waals surface area contributed by atoms with Crippen LogP contribution in [0, 0.1) is 5.82 Å². The molecule has 1 unspecified atom stereocenters. The molecule has 2 atom stereocenters. The fourth-order valence-corrected chi connectivity index (χ4v) is 1.93. The van der Waals surface area contributed by atoms with Crippen molar-refractivity contribution in [1.29, 1.82) is 0 Å². The second-order valence-electron chi connectivity index (χ2n) is 4.34. The molecular formula is C13H20FNO3. The van der Waals surface area contributed by atoms with E-state index < -0.39 is 18.0 Å². The second-order valence-corrected chi connectivity index (χ2v) is 4.34. The van der Waals surface area contributed by atoms with Crippen molar-refractivity contribution in [3.63, 3.8) is 0 Å². The van der Waals surface area contributed by atoms with E-state index in [0.717, 1.165) is 0 Å². The zero-order valence-corrected chi connectivity index (χ0v) is 10.9. The van der Waals surface area contributed by atoms with Crippen LogP contribution in [0.1, 0.15) is 18.6 Å². The van der Waals surface area contributed by atoms with Gasteiger partial charge in [0.05, 0.1) is 18.8 Å². The molecule has 4 nitrogen and oxygen atoms in total. The molecule has 0 heterocycles. The first-order valence-corrected chi connectivity index (χ1v) is 5.82. The molecule has 0 fully saturated rings. The number of benzene rings is 1. The van der Waals surface area contributed by atoms with Crippen LogP contribution >= 0.6 is 0 Å². The van der Waals surface area contributed by atoms with E-state index in [2.05, 4.69) is 0 Å². The van der Waals surface area contributed by atoms with E-state index in [9.17, 15) is 14.6 Å². The van der Waals surface area contributed by atoms with E-state index in [-0.39, 0.29) is 12.2 Å². The van der Waals surface area contributed by atoms with Crippen LogP contribution in [0.4, 0.5) is 10.1 Å². The minimum atomic E-state index is -0.900. The minimum Gasteiger partial charge on any atom is -0.389 e. The standard InChI is InChI=1S/C13H20FNO3/c1-9(16)13-11(14)5-4-6-12(13)15(2)7-10(17)8-18-3/h4-6,9-10,16-17H,7-8H2,1-3H3/t9-,10?/m0/s1. The first-order chi connectivity index (χ1) is 8.47. The van der Waals surface area contributed by atoms with E-state index >= 15 is 0 Å². The quantitative estimate of drug-likeness (QED) is 0.807. The van der Waals surface area contributed by atoms with Crippen molar-refractivity contribution in [1.82, 2.24) is 0 Å². The van der Waals surface area contributed by atoms with Gasteiger partial charge in [-0.2, -0.15) is 0 Å². The molecule has 2 N–H and O–H groups in total. The van der Waals surface area contributed by atoms with Gasteiger partial charge < -0.3 is 19.8 Å². The largest absolute Gasteiger partial charge is 0.389 e. The third-order valence-corrected chi connectivity index (χ3v) is 2.70. The molecule has 0 aliphatic heterocycles. The van der Waals surface area contributed by atoms with Crippen LogP contribution in [0.3, 0.4) is 0 Å². The van der Waals surface area contributed by atoms with Crippen LogP contribution < -0.4 is 4.90 Å². The lowest BCUT2D eigenvalue weighted by Crippen LogP contribution is -2.32. The summed E-state index contributed by atoms with van der Waals surface area (Å²) in [5.41, 5.74) is 0.810. The van der Waals surface area contributed by atoms with Crippen LogP contribution in [-0.2, 0) is 4.74 Å². The van der Waals surface area contributed by atoms with Gasteiger partial charge in [-0.1, -0.05) is 6.07 Å². The molecule has 0 aliphatic carbocycles. The lowest BCUT2D eigenvalue weighted by molar-refractivity contribution is 0.0694. The summed E-state index contributed by atoms with van der Waals surface area (Å²) in [6.45, 7) is 2.03. The van der Waals surface area contributed by atoms with Gasteiger partial charge in [0.2, 0.25) is 0 Å². The molecule has 5 heteroatoms. The average molecular weight is 257 g/mol. The Balaban J connectivity index is 2.91. The van der Waals surface area contributed by atoms with E-state index in [1.54, 1.807) is 24.1 Å². The van der Waals surface area contributed by atoms with Gasteiger partial charge in [0.1, 0.15) is 5.82 Å². The number of methoxy groups -OCH3 is 1. The number of anilines is 1.